The number of aliphatic imine (C=N–C) groups is 1. The number of aromatic nitrogens is 1. The molecule has 0 bridgehead atoms. The summed E-state index contributed by atoms with van der Waals surface area (Å²) in [6, 6.07) is 13.8. The molecule has 1 fully saturated rings. The molecule has 2 aromatic carbocycles. The highest BCUT2D eigenvalue weighted by Crippen LogP contribution is 2.33. The number of fused-ring (bicyclic) bond motifs is 1. The lowest BCUT2D eigenvalue weighted by Crippen LogP contribution is -2.35. The Hall–Kier alpha value is -3.91. The molecule has 0 saturated carbocycles. The summed E-state index contributed by atoms with van der Waals surface area (Å²) < 4.78 is 15.2. The maximum Gasteiger partial charge on any atom is 0.251 e. The number of amides is 1. The number of aromatic amines is 1. The molecular weight excluding hydrogens is 469 g/mol. The fraction of sp³-hybridized carbons (Fsp3) is 0.310. The smallest absolute Gasteiger partial charge is 0.251 e. The van der Waals surface area contributed by atoms with Crippen molar-refractivity contribution in [1.82, 2.24) is 15.2 Å². The molecule has 3 N–H and O–H groups in total. The zero-order chi connectivity index (χ0) is 26.1. The number of halogens is 1. The number of carbonyl (C=O) groups excluding carboxylic acids is 1. The van der Waals surface area contributed by atoms with Crippen LogP contribution in [-0.4, -0.2) is 59.4 Å². The number of nitrogens with one attached hydrogen (secondary N) is 2. The van der Waals surface area contributed by atoms with Crippen molar-refractivity contribution in [3.8, 4) is 0 Å². The minimum Gasteiger partial charge on any atom is -0.390 e. The molecule has 3 aromatic rings. The lowest BCUT2D eigenvalue weighted by atomic mass is 10.1. The van der Waals surface area contributed by atoms with Gasteiger partial charge in [0.25, 0.3) is 5.91 Å². The number of anilines is 1. The first kappa shape index (κ1) is 24.8. The van der Waals surface area contributed by atoms with Gasteiger partial charge in [0.15, 0.2) is 0 Å². The van der Waals surface area contributed by atoms with Crippen LogP contribution in [0.3, 0.4) is 0 Å². The molecule has 8 heteroatoms. The summed E-state index contributed by atoms with van der Waals surface area (Å²) in [6.07, 6.45) is 4.23. The summed E-state index contributed by atoms with van der Waals surface area (Å²) in [4.78, 5) is 24.5. The number of carbonyl (C=O) groups is 1. The number of aliphatic hydroxyl groups excluding tert-OH is 1. The monoisotopic (exact) mass is 501 g/mol. The fourth-order valence-corrected chi connectivity index (χ4v) is 5.41. The van der Waals surface area contributed by atoms with Gasteiger partial charge in [-0.1, -0.05) is 30.8 Å². The van der Waals surface area contributed by atoms with E-state index >= 15 is 4.39 Å². The summed E-state index contributed by atoms with van der Waals surface area (Å²) in [5.41, 5.74) is 4.43. The first-order chi connectivity index (χ1) is 17.9. The highest BCUT2D eigenvalue weighted by molar-refractivity contribution is 5.95. The van der Waals surface area contributed by atoms with Crippen molar-refractivity contribution in [2.75, 3.05) is 25.0 Å². The molecule has 7 nitrogen and oxygen atoms in total. The molecule has 1 amide bonds. The molecule has 1 saturated heterocycles. The molecule has 3 unspecified atom stereocenters. The molecule has 1 aliphatic carbocycles. The standard InChI is InChI=1S/C29H32FN5O2/c1-4-31-28-22(11-13-32-28)18(2)35-14-12-21(17-35)34(3)25-10-9-20(15-24(25)30)29(37)33-27-23-8-6-5-7-19(23)16-26(27)36/h4-11,13,15,21,26-27,32,36H,2,12,14,16-17H2,1,3H3,(H,33,37). The maximum absolute atomic E-state index is 15.2. The Morgan fingerprint density at radius 3 is 2.89 bits per heavy atom. The molecular formula is C29H32FN5O2. The van der Waals surface area contributed by atoms with Crippen LogP contribution in [0.15, 0.2) is 66.3 Å². The largest absolute Gasteiger partial charge is 0.390 e. The average Bonchev–Trinajstić information content (AvgIpc) is 3.63. The molecule has 5 rings (SSSR count). The molecule has 37 heavy (non-hydrogen) atoms. The number of aliphatic hydroxyl groups is 1. The van der Waals surface area contributed by atoms with Crippen LogP contribution in [0.4, 0.5) is 15.9 Å². The molecule has 1 aliphatic heterocycles. The molecule has 0 radical (unpaired) electrons. The maximum atomic E-state index is 15.2. The van der Waals surface area contributed by atoms with E-state index < -0.39 is 23.9 Å². The van der Waals surface area contributed by atoms with Gasteiger partial charge in [-0.15, -0.1) is 0 Å². The van der Waals surface area contributed by atoms with E-state index in [2.05, 4.69) is 26.8 Å². The molecule has 2 aliphatic rings. The summed E-state index contributed by atoms with van der Waals surface area (Å²) >= 11 is 0. The Balaban J connectivity index is 1.25. The number of likely N-dealkylation sites (N-methyl/N-ethyl adjacent to an activating group) is 1. The minimum absolute atomic E-state index is 0.0909. The Kier molecular flexibility index (Phi) is 6.84. The lowest BCUT2D eigenvalue weighted by molar-refractivity contribution is 0.0858. The Morgan fingerprint density at radius 2 is 2.11 bits per heavy atom. The van der Waals surface area contributed by atoms with Gasteiger partial charge >= 0.3 is 0 Å². The summed E-state index contributed by atoms with van der Waals surface area (Å²) in [5.74, 6) is -0.0860. The van der Waals surface area contributed by atoms with Crippen LogP contribution in [0.2, 0.25) is 0 Å². The van der Waals surface area contributed by atoms with E-state index in [1.54, 1.807) is 18.3 Å². The molecule has 3 atom stereocenters. The number of hydrogen-bond acceptors (Lipinski definition) is 5. The van der Waals surface area contributed by atoms with E-state index in [-0.39, 0.29) is 11.6 Å². The fourth-order valence-electron chi connectivity index (χ4n) is 5.41. The van der Waals surface area contributed by atoms with Gasteiger partial charge in [-0.05, 0) is 48.7 Å². The third-order valence-electron chi connectivity index (χ3n) is 7.47. The van der Waals surface area contributed by atoms with E-state index in [1.165, 1.54) is 6.07 Å². The summed E-state index contributed by atoms with van der Waals surface area (Å²) in [7, 11) is 1.88. The molecule has 192 valence electrons. The van der Waals surface area contributed by atoms with Crippen molar-refractivity contribution in [1.29, 1.82) is 0 Å². The quantitative estimate of drug-likeness (QED) is 0.418. The third-order valence-corrected chi connectivity index (χ3v) is 7.47. The second kappa shape index (κ2) is 10.2. The van der Waals surface area contributed by atoms with E-state index in [4.69, 9.17) is 0 Å². The molecule has 1 aromatic heterocycles. The Bertz CT molecular complexity index is 1350. The normalized spacial score (nSPS) is 20.9. The van der Waals surface area contributed by atoms with Gasteiger partial charge < -0.3 is 25.2 Å². The topological polar surface area (TPSA) is 84.0 Å². The van der Waals surface area contributed by atoms with Gasteiger partial charge in [0.1, 0.15) is 11.6 Å². The number of H-pyrrole nitrogens is 1. The van der Waals surface area contributed by atoms with Gasteiger partial charge in [-0.2, -0.15) is 0 Å². The summed E-state index contributed by atoms with van der Waals surface area (Å²) in [5, 5.41) is 13.3. The number of likely N-dealkylation sites (tertiary alicyclic amines) is 1. The highest BCUT2D eigenvalue weighted by atomic mass is 19.1. The van der Waals surface area contributed by atoms with Crippen LogP contribution >= 0.6 is 0 Å². The van der Waals surface area contributed by atoms with Crippen LogP contribution in [0.5, 0.6) is 0 Å². The van der Waals surface area contributed by atoms with E-state index in [9.17, 15) is 9.90 Å². The van der Waals surface area contributed by atoms with Gasteiger partial charge in [-0.3, -0.25) is 4.79 Å². The van der Waals surface area contributed by atoms with Gasteiger partial charge in [0, 0.05) is 61.8 Å². The highest BCUT2D eigenvalue weighted by Gasteiger charge is 2.33. The molecule has 2 heterocycles. The van der Waals surface area contributed by atoms with Crippen molar-refractivity contribution in [2.24, 2.45) is 4.99 Å². The molecule has 0 spiro atoms. The predicted octanol–water partition coefficient (Wildman–Crippen LogP) is 4.45. The zero-order valence-electron chi connectivity index (χ0n) is 21.1. The van der Waals surface area contributed by atoms with Crippen molar-refractivity contribution in [2.45, 2.75) is 38.0 Å². The van der Waals surface area contributed by atoms with E-state index in [0.29, 0.717) is 18.7 Å². The minimum atomic E-state index is -0.701. The van der Waals surface area contributed by atoms with Crippen LogP contribution < -0.4 is 10.2 Å². The van der Waals surface area contributed by atoms with Crippen LogP contribution in [0.25, 0.3) is 5.70 Å². The van der Waals surface area contributed by atoms with Crippen molar-refractivity contribution >= 4 is 29.3 Å². The second-order valence-electron chi connectivity index (χ2n) is 9.66. The summed E-state index contributed by atoms with van der Waals surface area (Å²) in [6.45, 7) is 7.66. The van der Waals surface area contributed by atoms with Gasteiger partial charge in [0.2, 0.25) is 0 Å². The van der Waals surface area contributed by atoms with Crippen LogP contribution in [0.1, 0.15) is 46.4 Å². The Morgan fingerprint density at radius 1 is 1.30 bits per heavy atom. The first-order valence-electron chi connectivity index (χ1n) is 12.6. The third kappa shape index (κ3) is 4.76. The predicted molar refractivity (Wildman–Crippen MR) is 145 cm³/mol. The van der Waals surface area contributed by atoms with Crippen LogP contribution in [-0.2, 0) is 6.42 Å². The average molecular weight is 502 g/mol. The number of benzene rings is 2. The van der Waals surface area contributed by atoms with Gasteiger partial charge in [0.05, 0.1) is 17.8 Å². The van der Waals surface area contributed by atoms with E-state index in [0.717, 1.165) is 41.2 Å². The van der Waals surface area contributed by atoms with Crippen LogP contribution in [0, 0.1) is 5.82 Å². The van der Waals surface area contributed by atoms with Gasteiger partial charge in [-0.25, -0.2) is 9.38 Å². The van der Waals surface area contributed by atoms with E-state index in [1.807, 2.05) is 55.4 Å². The van der Waals surface area contributed by atoms with Crippen molar-refractivity contribution in [3.63, 3.8) is 0 Å². The SMILES string of the molecule is C=C(c1cc[nH]c1N=CC)N1CCC(N(C)c2ccc(C(=O)NC3c4ccccc4CC3O)cc2F)C1. The van der Waals surface area contributed by atoms with Crippen molar-refractivity contribution < 1.29 is 14.3 Å². The first-order valence-corrected chi connectivity index (χ1v) is 12.6. The lowest BCUT2D eigenvalue weighted by Gasteiger charge is -2.28. The number of nitrogens with zero attached hydrogens (tertiary/aromatic N) is 3. The number of hydrogen-bond donors (Lipinski definition) is 3. The Labute approximate surface area is 216 Å². The second-order valence-corrected chi connectivity index (χ2v) is 9.66. The zero-order valence-corrected chi connectivity index (χ0v) is 21.1. The van der Waals surface area contributed by atoms with Crippen molar-refractivity contribution in [3.05, 3.63) is 89.4 Å². The number of rotatable bonds is 7.